The number of halogens is 1. The van der Waals surface area contributed by atoms with Crippen LogP contribution >= 0.6 is 23.5 Å². The Morgan fingerprint density at radius 3 is 2.62 bits per heavy atom. The highest BCUT2D eigenvalue weighted by Gasteiger charge is 2.32. The molecule has 1 aromatic heterocycles. The second-order valence-electron chi connectivity index (χ2n) is 8.07. The highest BCUT2D eigenvalue weighted by molar-refractivity contribution is 8.00. The zero-order chi connectivity index (χ0) is 23.3. The van der Waals surface area contributed by atoms with Crippen LogP contribution < -0.4 is 4.90 Å². The minimum absolute atomic E-state index is 0.0227. The van der Waals surface area contributed by atoms with Crippen molar-refractivity contribution < 1.29 is 13.9 Å². The first-order chi connectivity index (χ1) is 16.7. The quantitative estimate of drug-likeness (QED) is 0.460. The fraction of sp³-hybridized carbons (Fsp3) is 0.375. The van der Waals surface area contributed by atoms with E-state index in [0.29, 0.717) is 37.0 Å². The SMILES string of the molecule is O=C(CSc1nnc(N2CCOCC2)n1Cc1ccccc1)N1CCS[C@H]1c1ccccc1F. The van der Waals surface area contributed by atoms with E-state index in [1.165, 1.54) is 17.8 Å². The molecule has 10 heteroatoms. The fourth-order valence-electron chi connectivity index (χ4n) is 4.16. The molecule has 0 aliphatic carbocycles. The Morgan fingerprint density at radius 1 is 1.06 bits per heavy atom. The molecule has 2 saturated heterocycles. The van der Waals surface area contributed by atoms with Gasteiger partial charge in [0.2, 0.25) is 11.9 Å². The van der Waals surface area contributed by atoms with Gasteiger partial charge in [-0.25, -0.2) is 4.39 Å². The Hall–Kier alpha value is -2.56. The Morgan fingerprint density at radius 2 is 1.82 bits per heavy atom. The largest absolute Gasteiger partial charge is 0.378 e. The lowest BCUT2D eigenvalue weighted by atomic mass is 10.2. The summed E-state index contributed by atoms with van der Waals surface area (Å²) in [6.45, 7) is 4.05. The van der Waals surface area contributed by atoms with Crippen LogP contribution in [0, 0.1) is 5.82 Å². The Kier molecular flexibility index (Phi) is 7.36. The van der Waals surface area contributed by atoms with Gasteiger partial charge in [0.25, 0.3) is 0 Å². The molecule has 2 aromatic carbocycles. The number of ether oxygens (including phenoxy) is 1. The zero-order valence-electron chi connectivity index (χ0n) is 18.7. The van der Waals surface area contributed by atoms with Crippen LogP contribution in [0.3, 0.4) is 0 Å². The monoisotopic (exact) mass is 499 g/mol. The molecule has 34 heavy (non-hydrogen) atoms. The average Bonchev–Trinajstić information content (AvgIpc) is 3.52. The van der Waals surface area contributed by atoms with Crippen LogP contribution in [-0.4, -0.2) is 69.9 Å². The van der Waals surface area contributed by atoms with Gasteiger partial charge in [-0.3, -0.25) is 9.36 Å². The van der Waals surface area contributed by atoms with Gasteiger partial charge in [-0.1, -0.05) is 60.3 Å². The Bertz CT molecular complexity index is 1120. The van der Waals surface area contributed by atoms with Gasteiger partial charge < -0.3 is 14.5 Å². The summed E-state index contributed by atoms with van der Waals surface area (Å²) in [5, 5.41) is 9.31. The molecule has 178 valence electrons. The third-order valence-electron chi connectivity index (χ3n) is 5.88. The van der Waals surface area contributed by atoms with Gasteiger partial charge in [0.15, 0.2) is 5.16 Å². The van der Waals surface area contributed by atoms with E-state index in [2.05, 4.69) is 31.8 Å². The number of nitrogens with zero attached hydrogens (tertiary/aromatic N) is 5. The highest BCUT2D eigenvalue weighted by atomic mass is 32.2. The average molecular weight is 500 g/mol. The predicted molar refractivity (Wildman–Crippen MR) is 133 cm³/mol. The molecule has 0 radical (unpaired) electrons. The number of rotatable bonds is 7. The van der Waals surface area contributed by atoms with Crippen molar-refractivity contribution in [3.05, 3.63) is 71.5 Å². The van der Waals surface area contributed by atoms with Crippen LogP contribution in [-0.2, 0) is 16.1 Å². The van der Waals surface area contributed by atoms with Crippen LogP contribution in [0.5, 0.6) is 0 Å². The number of amides is 1. The smallest absolute Gasteiger partial charge is 0.234 e. The zero-order valence-corrected chi connectivity index (χ0v) is 20.3. The molecular formula is C24H26FN5O2S2. The molecule has 1 amide bonds. The van der Waals surface area contributed by atoms with Crippen molar-refractivity contribution in [1.29, 1.82) is 0 Å². The number of anilines is 1. The van der Waals surface area contributed by atoms with E-state index in [1.807, 2.05) is 24.3 Å². The van der Waals surface area contributed by atoms with E-state index in [4.69, 9.17) is 4.74 Å². The topological polar surface area (TPSA) is 63.5 Å². The molecule has 2 fully saturated rings. The molecule has 2 aliphatic rings. The summed E-state index contributed by atoms with van der Waals surface area (Å²) in [4.78, 5) is 17.1. The fourth-order valence-corrected chi connectivity index (χ4v) is 6.28. The number of aromatic nitrogens is 3. The number of carbonyl (C=O) groups excluding carboxylic acids is 1. The first-order valence-corrected chi connectivity index (χ1v) is 13.3. The van der Waals surface area contributed by atoms with Crippen molar-refractivity contribution >= 4 is 35.4 Å². The van der Waals surface area contributed by atoms with E-state index in [-0.39, 0.29) is 22.9 Å². The summed E-state index contributed by atoms with van der Waals surface area (Å²) >= 11 is 2.98. The maximum absolute atomic E-state index is 14.4. The van der Waals surface area contributed by atoms with E-state index in [1.54, 1.807) is 28.8 Å². The summed E-state index contributed by atoms with van der Waals surface area (Å²) < 4.78 is 21.9. The Labute approximate surface area is 206 Å². The highest BCUT2D eigenvalue weighted by Crippen LogP contribution is 2.39. The van der Waals surface area contributed by atoms with Crippen molar-refractivity contribution in [3.63, 3.8) is 0 Å². The third kappa shape index (κ3) is 5.08. The lowest BCUT2D eigenvalue weighted by Gasteiger charge is -2.28. The molecule has 0 bridgehead atoms. The summed E-state index contributed by atoms with van der Waals surface area (Å²) in [7, 11) is 0. The lowest BCUT2D eigenvalue weighted by Crippen LogP contribution is -2.38. The van der Waals surface area contributed by atoms with Crippen LogP contribution in [0.1, 0.15) is 16.5 Å². The molecule has 7 nitrogen and oxygen atoms in total. The number of carbonyl (C=O) groups is 1. The van der Waals surface area contributed by atoms with Crippen molar-refractivity contribution in [2.24, 2.45) is 0 Å². The summed E-state index contributed by atoms with van der Waals surface area (Å²) in [6.07, 6.45) is 0. The van der Waals surface area contributed by atoms with Gasteiger partial charge in [-0.2, -0.15) is 0 Å². The number of hydrogen-bond acceptors (Lipinski definition) is 7. The van der Waals surface area contributed by atoms with Crippen LogP contribution in [0.2, 0.25) is 0 Å². The summed E-state index contributed by atoms with van der Waals surface area (Å²) in [6, 6.07) is 16.9. The van der Waals surface area contributed by atoms with E-state index < -0.39 is 0 Å². The minimum atomic E-state index is -0.291. The van der Waals surface area contributed by atoms with Gasteiger partial charge in [-0.15, -0.1) is 22.0 Å². The lowest BCUT2D eigenvalue weighted by molar-refractivity contribution is -0.128. The molecule has 3 heterocycles. The van der Waals surface area contributed by atoms with Crippen molar-refractivity contribution in [3.8, 4) is 0 Å². The third-order valence-corrected chi connectivity index (χ3v) is 8.08. The second kappa shape index (κ2) is 10.8. The first-order valence-electron chi connectivity index (χ1n) is 11.3. The van der Waals surface area contributed by atoms with E-state index in [9.17, 15) is 9.18 Å². The molecule has 0 spiro atoms. The van der Waals surface area contributed by atoms with Gasteiger partial charge in [0.1, 0.15) is 11.2 Å². The molecule has 0 saturated carbocycles. The molecule has 3 aromatic rings. The predicted octanol–water partition coefficient (Wildman–Crippen LogP) is 3.67. The van der Waals surface area contributed by atoms with Gasteiger partial charge >= 0.3 is 0 Å². The summed E-state index contributed by atoms with van der Waals surface area (Å²) in [5.41, 5.74) is 1.70. The van der Waals surface area contributed by atoms with E-state index >= 15 is 0 Å². The van der Waals surface area contributed by atoms with E-state index in [0.717, 1.165) is 30.4 Å². The van der Waals surface area contributed by atoms with Gasteiger partial charge in [0, 0.05) is 31.0 Å². The van der Waals surface area contributed by atoms with Crippen LogP contribution in [0.15, 0.2) is 59.8 Å². The number of thioether (sulfide) groups is 2. The minimum Gasteiger partial charge on any atom is -0.378 e. The van der Waals surface area contributed by atoms with Gasteiger partial charge in [0.05, 0.1) is 25.5 Å². The molecule has 1 atom stereocenters. The summed E-state index contributed by atoms with van der Waals surface area (Å²) in [5.74, 6) is 1.51. The number of hydrogen-bond donors (Lipinski definition) is 0. The van der Waals surface area contributed by atoms with Gasteiger partial charge in [-0.05, 0) is 11.6 Å². The standard InChI is InChI=1S/C24H26FN5O2S2/c25-20-9-5-4-8-19(20)22-29(12-15-33-22)21(31)17-34-24-27-26-23(28-10-13-32-14-11-28)30(24)16-18-6-2-1-3-7-18/h1-9,22H,10-17H2/t22-/m0/s1. The van der Waals surface area contributed by atoms with Crippen molar-refractivity contribution in [1.82, 2.24) is 19.7 Å². The number of benzene rings is 2. The van der Waals surface area contributed by atoms with Crippen molar-refractivity contribution in [2.45, 2.75) is 17.1 Å². The maximum Gasteiger partial charge on any atom is 0.234 e. The van der Waals surface area contributed by atoms with Crippen LogP contribution in [0.25, 0.3) is 0 Å². The molecule has 2 aliphatic heterocycles. The van der Waals surface area contributed by atoms with Crippen molar-refractivity contribution in [2.75, 3.05) is 49.3 Å². The Balaban J connectivity index is 1.33. The molecule has 5 rings (SSSR count). The maximum atomic E-state index is 14.4. The molecule has 0 N–H and O–H groups in total. The first kappa shape index (κ1) is 23.2. The number of morpholine rings is 1. The molecular weight excluding hydrogens is 473 g/mol. The normalized spacial score (nSPS) is 18.4. The molecule has 0 unspecified atom stereocenters. The van der Waals surface area contributed by atoms with Crippen LogP contribution in [0.4, 0.5) is 10.3 Å². The second-order valence-corrected chi connectivity index (χ2v) is 10.2.